The lowest BCUT2D eigenvalue weighted by Gasteiger charge is -2.07. The number of ether oxygens (including phenoxy) is 1. The molecule has 0 aliphatic rings. The highest BCUT2D eigenvalue weighted by molar-refractivity contribution is 5.36. The highest BCUT2D eigenvalue weighted by Gasteiger charge is 2.02. The molecule has 0 atom stereocenters. The first-order valence-electron chi connectivity index (χ1n) is 4.76. The molecule has 3 heteroatoms. The van der Waals surface area contributed by atoms with Crippen LogP contribution >= 0.6 is 0 Å². The van der Waals surface area contributed by atoms with Crippen LogP contribution in [0.15, 0.2) is 43.0 Å². The summed E-state index contributed by atoms with van der Waals surface area (Å²) in [7, 11) is 1.68. The molecule has 0 saturated carbocycles. The minimum Gasteiger partial charge on any atom is -0.496 e. The molecule has 0 fully saturated rings. The zero-order chi connectivity index (χ0) is 10.5. The van der Waals surface area contributed by atoms with E-state index in [1.807, 2.05) is 36.7 Å². The molecule has 0 radical (unpaired) electrons. The van der Waals surface area contributed by atoms with E-state index >= 15 is 0 Å². The molecule has 0 N–H and O–H groups in total. The van der Waals surface area contributed by atoms with E-state index in [0.29, 0.717) is 0 Å². The Morgan fingerprint density at radius 3 is 2.60 bits per heavy atom. The molecule has 1 aromatic heterocycles. The fourth-order valence-electron chi connectivity index (χ4n) is 1.49. The topological polar surface area (TPSA) is 35.0 Å². The zero-order valence-corrected chi connectivity index (χ0v) is 8.55. The number of methoxy groups -OCH3 is 1. The molecule has 1 heterocycles. The number of aromatic nitrogens is 2. The Balaban J connectivity index is 2.24. The molecule has 0 amide bonds. The number of rotatable bonds is 3. The largest absolute Gasteiger partial charge is 0.496 e. The number of nitrogens with zero attached hydrogens (tertiary/aromatic N) is 2. The second-order valence-electron chi connectivity index (χ2n) is 3.24. The summed E-state index contributed by atoms with van der Waals surface area (Å²) in [6.07, 6.45) is 5.97. The summed E-state index contributed by atoms with van der Waals surface area (Å²) < 4.78 is 5.28. The molecule has 15 heavy (non-hydrogen) atoms. The van der Waals surface area contributed by atoms with Gasteiger partial charge in [-0.25, -0.2) is 9.97 Å². The number of hydrogen-bond acceptors (Lipinski definition) is 3. The fraction of sp³-hybridized carbons (Fsp3) is 0.167. The summed E-state index contributed by atoms with van der Waals surface area (Å²) in [5, 5.41) is 0. The summed E-state index contributed by atoms with van der Waals surface area (Å²) in [5.41, 5.74) is 2.23. The Morgan fingerprint density at radius 1 is 1.13 bits per heavy atom. The van der Waals surface area contributed by atoms with E-state index in [1.165, 1.54) is 6.33 Å². The van der Waals surface area contributed by atoms with E-state index in [1.54, 1.807) is 7.11 Å². The molecular formula is C12H12N2O. The summed E-state index contributed by atoms with van der Waals surface area (Å²) >= 11 is 0. The van der Waals surface area contributed by atoms with Gasteiger partial charge < -0.3 is 4.74 Å². The standard InChI is InChI=1S/C12H12N2O/c1-15-12-5-3-2-4-11(12)6-10-7-13-9-14-8-10/h2-5,7-9H,6H2,1H3. The van der Waals surface area contributed by atoms with Gasteiger partial charge in [0.25, 0.3) is 0 Å². The van der Waals surface area contributed by atoms with Gasteiger partial charge in [-0.15, -0.1) is 0 Å². The molecule has 0 unspecified atom stereocenters. The Kier molecular flexibility index (Phi) is 2.93. The third-order valence-electron chi connectivity index (χ3n) is 2.20. The van der Waals surface area contributed by atoms with E-state index < -0.39 is 0 Å². The lowest BCUT2D eigenvalue weighted by molar-refractivity contribution is 0.410. The van der Waals surface area contributed by atoms with Gasteiger partial charge in [-0.3, -0.25) is 0 Å². The average Bonchev–Trinajstić information content (AvgIpc) is 2.31. The van der Waals surface area contributed by atoms with Crippen molar-refractivity contribution in [1.29, 1.82) is 0 Å². The maximum Gasteiger partial charge on any atom is 0.122 e. The van der Waals surface area contributed by atoms with Gasteiger partial charge >= 0.3 is 0 Å². The predicted octanol–water partition coefficient (Wildman–Crippen LogP) is 2.08. The second-order valence-corrected chi connectivity index (χ2v) is 3.24. The first-order chi connectivity index (χ1) is 7.40. The highest BCUT2D eigenvalue weighted by Crippen LogP contribution is 2.19. The minimum atomic E-state index is 0.796. The molecule has 0 bridgehead atoms. The molecule has 1 aromatic carbocycles. The van der Waals surface area contributed by atoms with Crippen LogP contribution in [-0.4, -0.2) is 17.1 Å². The van der Waals surface area contributed by atoms with Crippen molar-refractivity contribution in [2.75, 3.05) is 7.11 Å². The normalized spacial score (nSPS) is 9.93. The lowest BCUT2D eigenvalue weighted by Crippen LogP contribution is -1.94. The van der Waals surface area contributed by atoms with Gasteiger partial charge in [0.1, 0.15) is 12.1 Å². The maximum atomic E-state index is 5.28. The smallest absolute Gasteiger partial charge is 0.122 e. The molecule has 3 nitrogen and oxygen atoms in total. The van der Waals surface area contributed by atoms with Crippen LogP contribution in [0.25, 0.3) is 0 Å². The highest BCUT2D eigenvalue weighted by atomic mass is 16.5. The third-order valence-corrected chi connectivity index (χ3v) is 2.20. The van der Waals surface area contributed by atoms with E-state index in [4.69, 9.17) is 4.74 Å². The fourth-order valence-corrected chi connectivity index (χ4v) is 1.49. The van der Waals surface area contributed by atoms with Gasteiger partial charge in [0.2, 0.25) is 0 Å². The monoisotopic (exact) mass is 200 g/mol. The van der Waals surface area contributed by atoms with Crippen LogP contribution < -0.4 is 4.74 Å². The maximum absolute atomic E-state index is 5.28. The van der Waals surface area contributed by atoms with Crippen molar-refractivity contribution in [3.63, 3.8) is 0 Å². The SMILES string of the molecule is COc1ccccc1Cc1cncnc1. The van der Waals surface area contributed by atoms with E-state index in [9.17, 15) is 0 Å². The van der Waals surface area contributed by atoms with Crippen molar-refractivity contribution >= 4 is 0 Å². The summed E-state index contributed by atoms with van der Waals surface area (Å²) in [6.45, 7) is 0. The van der Waals surface area contributed by atoms with Crippen molar-refractivity contribution in [3.05, 3.63) is 54.1 Å². The minimum absolute atomic E-state index is 0.796. The van der Waals surface area contributed by atoms with Crippen molar-refractivity contribution in [2.45, 2.75) is 6.42 Å². The van der Waals surface area contributed by atoms with Crippen LogP contribution in [-0.2, 0) is 6.42 Å². The molecule has 0 aliphatic heterocycles. The van der Waals surface area contributed by atoms with Crippen molar-refractivity contribution in [3.8, 4) is 5.75 Å². The average molecular weight is 200 g/mol. The Labute approximate surface area is 88.8 Å². The molecule has 76 valence electrons. The van der Waals surface area contributed by atoms with Crippen LogP contribution in [0.2, 0.25) is 0 Å². The molecule has 2 aromatic rings. The van der Waals surface area contributed by atoms with Crippen LogP contribution in [0.5, 0.6) is 5.75 Å². The lowest BCUT2D eigenvalue weighted by atomic mass is 10.1. The van der Waals surface area contributed by atoms with Gasteiger partial charge in [-0.05, 0) is 17.2 Å². The molecule has 0 saturated heterocycles. The quantitative estimate of drug-likeness (QED) is 0.760. The van der Waals surface area contributed by atoms with Crippen LogP contribution in [0, 0.1) is 0 Å². The van der Waals surface area contributed by atoms with Gasteiger partial charge in [-0.1, -0.05) is 18.2 Å². The third kappa shape index (κ3) is 2.31. The summed E-state index contributed by atoms with van der Waals surface area (Å²) in [6, 6.07) is 7.97. The van der Waals surface area contributed by atoms with E-state index in [0.717, 1.165) is 23.3 Å². The predicted molar refractivity (Wildman–Crippen MR) is 57.8 cm³/mol. The zero-order valence-electron chi connectivity index (χ0n) is 8.55. The van der Waals surface area contributed by atoms with Gasteiger partial charge in [0.05, 0.1) is 7.11 Å². The van der Waals surface area contributed by atoms with Crippen molar-refractivity contribution in [1.82, 2.24) is 9.97 Å². The number of hydrogen-bond donors (Lipinski definition) is 0. The number of para-hydroxylation sites is 1. The van der Waals surface area contributed by atoms with E-state index in [2.05, 4.69) is 9.97 Å². The Bertz CT molecular complexity index is 429. The second kappa shape index (κ2) is 4.55. The van der Waals surface area contributed by atoms with Gasteiger partial charge in [0, 0.05) is 18.8 Å². The van der Waals surface area contributed by atoms with E-state index in [-0.39, 0.29) is 0 Å². The van der Waals surface area contributed by atoms with Crippen LogP contribution in [0.4, 0.5) is 0 Å². The first-order valence-corrected chi connectivity index (χ1v) is 4.76. The van der Waals surface area contributed by atoms with Crippen LogP contribution in [0.1, 0.15) is 11.1 Å². The molecule has 0 spiro atoms. The van der Waals surface area contributed by atoms with Gasteiger partial charge in [0.15, 0.2) is 0 Å². The van der Waals surface area contributed by atoms with Crippen molar-refractivity contribution in [2.24, 2.45) is 0 Å². The summed E-state index contributed by atoms with van der Waals surface area (Å²) in [4.78, 5) is 7.97. The Hall–Kier alpha value is -1.90. The molecule has 2 rings (SSSR count). The summed E-state index contributed by atoms with van der Waals surface area (Å²) in [5.74, 6) is 0.904. The number of benzene rings is 1. The molecule has 0 aliphatic carbocycles. The first kappa shape index (κ1) is 9.65. The van der Waals surface area contributed by atoms with Gasteiger partial charge in [-0.2, -0.15) is 0 Å². The van der Waals surface area contributed by atoms with Crippen molar-refractivity contribution < 1.29 is 4.74 Å². The van der Waals surface area contributed by atoms with Crippen LogP contribution in [0.3, 0.4) is 0 Å². The Morgan fingerprint density at radius 2 is 1.87 bits per heavy atom. The molecular weight excluding hydrogens is 188 g/mol.